The van der Waals surface area contributed by atoms with Gasteiger partial charge in [0.2, 0.25) is 0 Å². The fraction of sp³-hybridized carbons (Fsp3) is 0.462. The van der Waals surface area contributed by atoms with E-state index in [0.29, 0.717) is 5.92 Å². The second-order valence-corrected chi connectivity index (χ2v) is 4.65. The van der Waals surface area contributed by atoms with E-state index in [0.717, 1.165) is 31.1 Å². The van der Waals surface area contributed by atoms with Crippen molar-refractivity contribution < 1.29 is 14.3 Å². The topological polar surface area (TPSA) is 49.3 Å². The molecule has 1 aromatic carbocycles. The average Bonchev–Trinajstić information content (AvgIpc) is 2.28. The van der Waals surface area contributed by atoms with E-state index in [1.54, 1.807) is 6.07 Å². The van der Waals surface area contributed by atoms with Crippen LogP contribution in [-0.4, -0.2) is 24.2 Å². The third-order valence-corrected chi connectivity index (χ3v) is 3.38. The second kappa shape index (κ2) is 4.84. The van der Waals surface area contributed by atoms with Gasteiger partial charge in [0.1, 0.15) is 5.82 Å². The van der Waals surface area contributed by atoms with E-state index in [9.17, 15) is 9.18 Å². The molecule has 2 rings (SSSR count). The summed E-state index contributed by atoms with van der Waals surface area (Å²) in [4.78, 5) is 10.9. The number of carboxylic acid groups (broad SMARTS) is 1. The summed E-state index contributed by atoms with van der Waals surface area (Å²) in [5.41, 5.74) is 0.835. The van der Waals surface area contributed by atoms with E-state index >= 15 is 0 Å². The summed E-state index contributed by atoms with van der Waals surface area (Å²) in [5.74, 6) is -0.907. The molecule has 1 aliphatic heterocycles. The van der Waals surface area contributed by atoms with E-state index in [1.807, 2.05) is 0 Å². The van der Waals surface area contributed by atoms with E-state index in [-0.39, 0.29) is 11.5 Å². The van der Waals surface area contributed by atoms with Crippen LogP contribution in [0.25, 0.3) is 0 Å². The lowest BCUT2D eigenvalue weighted by atomic mass is 9.82. The van der Waals surface area contributed by atoms with Crippen LogP contribution in [0.1, 0.15) is 35.2 Å². The summed E-state index contributed by atoms with van der Waals surface area (Å²) in [6.45, 7) is 3.89. The average molecular weight is 237 g/mol. The van der Waals surface area contributed by atoms with Gasteiger partial charge in [-0.25, -0.2) is 9.18 Å². The maximum absolute atomic E-state index is 13.4. The molecule has 0 unspecified atom stereocenters. The largest absolute Gasteiger partial charge is 0.478 e. The highest BCUT2D eigenvalue weighted by atomic mass is 19.1. The number of piperidine rings is 1. The van der Waals surface area contributed by atoms with Crippen LogP contribution in [-0.2, 0) is 0 Å². The lowest BCUT2D eigenvalue weighted by molar-refractivity contribution is 0.0696. The van der Waals surface area contributed by atoms with Gasteiger partial charge in [0, 0.05) is 0 Å². The van der Waals surface area contributed by atoms with Crippen molar-refractivity contribution in [1.82, 2.24) is 5.32 Å². The number of halogens is 1. The molecule has 0 saturated carbocycles. The standard InChI is InChI=1S/C13H16FNO2/c1-8-7-15-3-2-12(8)9-4-10(13(16)17)6-11(14)5-9/h4-6,8,12,15H,2-3,7H2,1H3,(H,16,17)/t8-,12+/m1/s1. The lowest BCUT2D eigenvalue weighted by Gasteiger charge is -2.30. The SMILES string of the molecule is C[C@@H]1CNCC[C@@H]1c1cc(F)cc(C(=O)O)c1. The fourth-order valence-electron chi connectivity index (χ4n) is 2.46. The van der Waals surface area contributed by atoms with Gasteiger partial charge in [0.05, 0.1) is 5.56 Å². The summed E-state index contributed by atoms with van der Waals surface area (Å²) in [5, 5.41) is 12.2. The lowest BCUT2D eigenvalue weighted by Crippen LogP contribution is -2.33. The van der Waals surface area contributed by atoms with Crippen LogP contribution in [0.5, 0.6) is 0 Å². The second-order valence-electron chi connectivity index (χ2n) is 4.65. The number of hydrogen-bond donors (Lipinski definition) is 2. The van der Waals surface area contributed by atoms with Gasteiger partial charge in [0.15, 0.2) is 0 Å². The summed E-state index contributed by atoms with van der Waals surface area (Å²) in [6.07, 6.45) is 0.920. The van der Waals surface area contributed by atoms with Crippen molar-refractivity contribution in [3.63, 3.8) is 0 Å². The van der Waals surface area contributed by atoms with E-state index in [2.05, 4.69) is 12.2 Å². The molecule has 1 aromatic rings. The first-order valence-corrected chi connectivity index (χ1v) is 5.82. The fourth-order valence-corrected chi connectivity index (χ4v) is 2.46. The Morgan fingerprint density at radius 2 is 2.24 bits per heavy atom. The molecule has 0 amide bonds. The molecule has 1 saturated heterocycles. The van der Waals surface area contributed by atoms with Crippen LogP contribution in [0, 0.1) is 11.7 Å². The van der Waals surface area contributed by atoms with E-state index in [4.69, 9.17) is 5.11 Å². The Balaban J connectivity index is 2.33. The number of aromatic carboxylic acids is 1. The summed E-state index contributed by atoms with van der Waals surface area (Å²) in [6, 6.07) is 4.12. The van der Waals surface area contributed by atoms with Gasteiger partial charge in [-0.3, -0.25) is 0 Å². The molecule has 1 heterocycles. The van der Waals surface area contributed by atoms with Crippen LogP contribution in [0.4, 0.5) is 4.39 Å². The zero-order chi connectivity index (χ0) is 12.4. The molecule has 2 N–H and O–H groups in total. The Morgan fingerprint density at radius 1 is 1.47 bits per heavy atom. The van der Waals surface area contributed by atoms with Crippen molar-refractivity contribution in [3.05, 3.63) is 35.1 Å². The Kier molecular flexibility index (Phi) is 3.43. The summed E-state index contributed by atoms with van der Waals surface area (Å²) < 4.78 is 13.4. The van der Waals surface area contributed by atoms with Gasteiger partial charge in [0.25, 0.3) is 0 Å². The van der Waals surface area contributed by atoms with Crippen LogP contribution in [0.3, 0.4) is 0 Å². The van der Waals surface area contributed by atoms with Gasteiger partial charge < -0.3 is 10.4 Å². The minimum atomic E-state index is -1.08. The van der Waals surface area contributed by atoms with E-state index < -0.39 is 11.8 Å². The maximum atomic E-state index is 13.4. The zero-order valence-electron chi connectivity index (χ0n) is 9.74. The van der Waals surface area contributed by atoms with Crippen molar-refractivity contribution in [1.29, 1.82) is 0 Å². The molecule has 1 aliphatic rings. The third kappa shape index (κ3) is 2.64. The van der Waals surface area contributed by atoms with Crippen molar-refractivity contribution in [2.75, 3.05) is 13.1 Å². The third-order valence-electron chi connectivity index (χ3n) is 3.38. The minimum Gasteiger partial charge on any atom is -0.478 e. The maximum Gasteiger partial charge on any atom is 0.335 e. The molecule has 1 fully saturated rings. The number of nitrogens with one attached hydrogen (secondary N) is 1. The monoisotopic (exact) mass is 237 g/mol. The smallest absolute Gasteiger partial charge is 0.335 e. The Bertz CT molecular complexity index is 433. The molecule has 3 nitrogen and oxygen atoms in total. The highest BCUT2D eigenvalue weighted by Crippen LogP contribution is 2.31. The number of carbonyl (C=O) groups is 1. The molecular weight excluding hydrogens is 221 g/mol. The number of carboxylic acids is 1. The molecule has 0 bridgehead atoms. The Morgan fingerprint density at radius 3 is 2.88 bits per heavy atom. The molecule has 2 atom stereocenters. The minimum absolute atomic E-state index is 0.0331. The molecular formula is C13H16FNO2. The van der Waals surface area contributed by atoms with Crippen molar-refractivity contribution >= 4 is 5.97 Å². The highest BCUT2D eigenvalue weighted by Gasteiger charge is 2.24. The quantitative estimate of drug-likeness (QED) is 0.829. The van der Waals surface area contributed by atoms with Crippen molar-refractivity contribution in [2.45, 2.75) is 19.3 Å². The first-order valence-electron chi connectivity index (χ1n) is 5.82. The van der Waals surface area contributed by atoms with Crippen LogP contribution < -0.4 is 5.32 Å². The van der Waals surface area contributed by atoms with Crippen LogP contribution in [0.15, 0.2) is 18.2 Å². The van der Waals surface area contributed by atoms with Gasteiger partial charge in [-0.1, -0.05) is 6.92 Å². The Hall–Kier alpha value is -1.42. The predicted molar refractivity (Wildman–Crippen MR) is 62.8 cm³/mol. The normalized spacial score (nSPS) is 24.6. The summed E-state index contributed by atoms with van der Waals surface area (Å²) >= 11 is 0. The molecule has 92 valence electrons. The van der Waals surface area contributed by atoms with Crippen molar-refractivity contribution in [2.24, 2.45) is 5.92 Å². The van der Waals surface area contributed by atoms with Gasteiger partial charge >= 0.3 is 5.97 Å². The first-order chi connectivity index (χ1) is 8.08. The van der Waals surface area contributed by atoms with Gasteiger partial charge in [-0.2, -0.15) is 0 Å². The molecule has 0 aliphatic carbocycles. The molecule has 0 aromatic heterocycles. The molecule has 0 radical (unpaired) electrons. The van der Waals surface area contributed by atoms with E-state index in [1.165, 1.54) is 6.07 Å². The van der Waals surface area contributed by atoms with Crippen LogP contribution in [0.2, 0.25) is 0 Å². The summed E-state index contributed by atoms with van der Waals surface area (Å²) in [7, 11) is 0. The zero-order valence-corrected chi connectivity index (χ0v) is 9.74. The number of hydrogen-bond acceptors (Lipinski definition) is 2. The number of rotatable bonds is 2. The van der Waals surface area contributed by atoms with Gasteiger partial charge in [-0.05, 0) is 55.1 Å². The molecule has 0 spiro atoms. The van der Waals surface area contributed by atoms with Crippen LogP contribution >= 0.6 is 0 Å². The van der Waals surface area contributed by atoms with Crippen molar-refractivity contribution in [3.8, 4) is 0 Å². The molecule has 4 heteroatoms. The molecule has 17 heavy (non-hydrogen) atoms. The van der Waals surface area contributed by atoms with Gasteiger partial charge in [-0.15, -0.1) is 0 Å². The first kappa shape index (κ1) is 12.0. The predicted octanol–water partition coefficient (Wildman–Crippen LogP) is 2.24. The highest BCUT2D eigenvalue weighted by molar-refractivity contribution is 5.87. The number of benzene rings is 1. The Labute approximate surface area is 99.7 Å².